The Morgan fingerprint density at radius 2 is 2.30 bits per heavy atom. The fourth-order valence-electron chi connectivity index (χ4n) is 2.23. The van der Waals surface area contributed by atoms with E-state index in [1.807, 2.05) is 13.8 Å². The number of morpholine rings is 1. The molecule has 2 heterocycles. The average Bonchev–Trinajstić information content (AvgIpc) is 2.71. The van der Waals surface area contributed by atoms with Crippen molar-refractivity contribution in [1.82, 2.24) is 15.8 Å². The Morgan fingerprint density at radius 1 is 1.50 bits per heavy atom. The van der Waals surface area contributed by atoms with Gasteiger partial charge in [-0.15, -0.1) is 12.4 Å². The lowest BCUT2D eigenvalue weighted by atomic mass is 10.1. The van der Waals surface area contributed by atoms with Crippen LogP contribution in [0.15, 0.2) is 4.52 Å². The third-order valence-corrected chi connectivity index (χ3v) is 3.31. The van der Waals surface area contributed by atoms with Gasteiger partial charge in [-0.05, 0) is 20.3 Å². The highest BCUT2D eigenvalue weighted by Crippen LogP contribution is 2.12. The molecule has 2 rings (SSSR count). The van der Waals surface area contributed by atoms with Crippen LogP contribution in [0.1, 0.15) is 23.4 Å². The average molecular weight is 304 g/mol. The molecule has 1 aromatic rings. The number of hydrogen-bond donors (Lipinski definition) is 2. The van der Waals surface area contributed by atoms with Crippen molar-refractivity contribution in [1.29, 1.82) is 0 Å². The van der Waals surface area contributed by atoms with Crippen LogP contribution >= 0.6 is 12.4 Å². The van der Waals surface area contributed by atoms with Gasteiger partial charge in [0.1, 0.15) is 5.76 Å². The zero-order valence-electron chi connectivity index (χ0n) is 11.9. The topological polar surface area (TPSA) is 76.4 Å². The maximum absolute atomic E-state index is 11.8. The number of carbonyl (C=O) groups excluding carboxylic acids is 1. The molecule has 114 valence electrons. The third-order valence-electron chi connectivity index (χ3n) is 3.31. The highest BCUT2D eigenvalue weighted by atomic mass is 35.5. The first-order chi connectivity index (χ1) is 9.16. The van der Waals surface area contributed by atoms with E-state index in [1.165, 1.54) is 0 Å². The van der Waals surface area contributed by atoms with Crippen molar-refractivity contribution in [3.8, 4) is 0 Å². The molecule has 20 heavy (non-hydrogen) atoms. The summed E-state index contributed by atoms with van der Waals surface area (Å²) in [7, 11) is 0. The van der Waals surface area contributed by atoms with Crippen LogP contribution < -0.4 is 10.6 Å². The van der Waals surface area contributed by atoms with E-state index >= 15 is 0 Å². The molecule has 0 saturated carbocycles. The number of carbonyl (C=O) groups is 1. The number of rotatable bonds is 5. The Bertz CT molecular complexity index is 411. The van der Waals surface area contributed by atoms with Gasteiger partial charge in [-0.25, -0.2) is 0 Å². The molecule has 2 N–H and O–H groups in total. The summed E-state index contributed by atoms with van der Waals surface area (Å²) in [6, 6.07) is 0.132. The number of ether oxygens (including phenoxy) is 1. The minimum absolute atomic E-state index is 0. The SMILES string of the molecule is Cc1noc(C)c1CCNC(=O)CC1COCCN1.Cl. The number of aromatic nitrogens is 1. The van der Waals surface area contributed by atoms with Gasteiger partial charge >= 0.3 is 0 Å². The maximum Gasteiger partial charge on any atom is 0.221 e. The van der Waals surface area contributed by atoms with Gasteiger partial charge in [-0.2, -0.15) is 0 Å². The van der Waals surface area contributed by atoms with Crippen LogP contribution in [0, 0.1) is 13.8 Å². The minimum Gasteiger partial charge on any atom is -0.378 e. The number of nitrogens with zero attached hydrogens (tertiary/aromatic N) is 1. The minimum atomic E-state index is 0. The molecule has 1 aliphatic rings. The first-order valence-electron chi connectivity index (χ1n) is 6.66. The van der Waals surface area contributed by atoms with E-state index in [0.717, 1.165) is 36.6 Å². The summed E-state index contributed by atoms with van der Waals surface area (Å²) in [6.45, 7) is 6.56. The van der Waals surface area contributed by atoms with Crippen molar-refractivity contribution in [2.24, 2.45) is 0 Å². The summed E-state index contributed by atoms with van der Waals surface area (Å²) < 4.78 is 10.4. The van der Waals surface area contributed by atoms with Gasteiger partial charge in [0.05, 0.1) is 18.9 Å². The summed E-state index contributed by atoms with van der Waals surface area (Å²) in [5.41, 5.74) is 1.98. The molecular formula is C13H22ClN3O3. The molecule has 1 aromatic heterocycles. The van der Waals surface area contributed by atoms with Crippen molar-refractivity contribution in [3.05, 3.63) is 17.0 Å². The molecule has 1 aliphatic heterocycles. The predicted molar refractivity (Wildman–Crippen MR) is 77.2 cm³/mol. The Hall–Kier alpha value is -1.11. The smallest absolute Gasteiger partial charge is 0.221 e. The zero-order chi connectivity index (χ0) is 13.7. The van der Waals surface area contributed by atoms with Gasteiger partial charge in [-0.1, -0.05) is 5.16 Å². The van der Waals surface area contributed by atoms with Gasteiger partial charge in [0.25, 0.3) is 0 Å². The lowest BCUT2D eigenvalue weighted by Crippen LogP contribution is -2.44. The van der Waals surface area contributed by atoms with Gasteiger partial charge in [0.2, 0.25) is 5.91 Å². The zero-order valence-corrected chi connectivity index (χ0v) is 12.7. The molecule has 1 amide bonds. The molecule has 0 bridgehead atoms. The van der Waals surface area contributed by atoms with Crippen molar-refractivity contribution in [2.45, 2.75) is 32.7 Å². The second-order valence-electron chi connectivity index (χ2n) is 4.83. The van der Waals surface area contributed by atoms with Crippen LogP contribution in [0.25, 0.3) is 0 Å². The number of nitrogens with one attached hydrogen (secondary N) is 2. The lowest BCUT2D eigenvalue weighted by molar-refractivity contribution is -0.122. The van der Waals surface area contributed by atoms with Gasteiger partial charge in [0, 0.05) is 31.1 Å². The van der Waals surface area contributed by atoms with E-state index in [9.17, 15) is 4.79 Å². The number of aryl methyl sites for hydroxylation is 2. The lowest BCUT2D eigenvalue weighted by Gasteiger charge is -2.23. The van der Waals surface area contributed by atoms with E-state index in [4.69, 9.17) is 9.26 Å². The fourth-order valence-corrected chi connectivity index (χ4v) is 2.23. The van der Waals surface area contributed by atoms with E-state index in [-0.39, 0.29) is 24.4 Å². The molecule has 1 fully saturated rings. The third kappa shape index (κ3) is 4.77. The molecule has 1 saturated heterocycles. The molecule has 0 radical (unpaired) electrons. The van der Waals surface area contributed by atoms with Crippen LogP contribution in [0.5, 0.6) is 0 Å². The molecule has 1 unspecified atom stereocenters. The molecule has 1 atom stereocenters. The van der Waals surface area contributed by atoms with E-state index in [0.29, 0.717) is 19.6 Å². The number of hydrogen-bond acceptors (Lipinski definition) is 5. The Kier molecular flexibility index (Phi) is 6.98. The maximum atomic E-state index is 11.8. The summed E-state index contributed by atoms with van der Waals surface area (Å²) in [6.07, 6.45) is 1.21. The second kappa shape index (κ2) is 8.24. The summed E-state index contributed by atoms with van der Waals surface area (Å²) in [5.74, 6) is 0.879. The van der Waals surface area contributed by atoms with Crippen LogP contribution in [0.3, 0.4) is 0 Å². The Labute approximate surface area is 125 Å². The van der Waals surface area contributed by atoms with Crippen molar-refractivity contribution in [3.63, 3.8) is 0 Å². The summed E-state index contributed by atoms with van der Waals surface area (Å²) >= 11 is 0. The van der Waals surface area contributed by atoms with Gasteiger partial charge in [0.15, 0.2) is 0 Å². The monoisotopic (exact) mass is 303 g/mol. The van der Waals surface area contributed by atoms with Gasteiger partial charge < -0.3 is 19.9 Å². The molecule has 0 spiro atoms. The molecule has 0 aromatic carbocycles. The number of amides is 1. The second-order valence-corrected chi connectivity index (χ2v) is 4.83. The predicted octanol–water partition coefficient (Wildman–Crippen LogP) is 0.750. The molecule has 0 aliphatic carbocycles. The van der Waals surface area contributed by atoms with E-state index in [2.05, 4.69) is 15.8 Å². The first-order valence-corrected chi connectivity index (χ1v) is 6.66. The van der Waals surface area contributed by atoms with Gasteiger partial charge in [-0.3, -0.25) is 4.79 Å². The standard InChI is InChI=1S/C13H21N3O3.ClH/c1-9-12(10(2)19-16-9)3-4-15-13(17)7-11-8-18-6-5-14-11;/h11,14H,3-8H2,1-2H3,(H,15,17);1H. The Balaban J connectivity index is 0.00000200. The summed E-state index contributed by atoms with van der Waals surface area (Å²) in [5, 5.41) is 10.1. The van der Waals surface area contributed by atoms with Crippen LogP contribution in [0.2, 0.25) is 0 Å². The van der Waals surface area contributed by atoms with Crippen molar-refractivity contribution in [2.75, 3.05) is 26.3 Å². The van der Waals surface area contributed by atoms with Crippen molar-refractivity contribution < 1.29 is 14.1 Å². The molecule has 6 nitrogen and oxygen atoms in total. The fraction of sp³-hybridized carbons (Fsp3) is 0.692. The Morgan fingerprint density at radius 3 is 2.90 bits per heavy atom. The van der Waals surface area contributed by atoms with Crippen LogP contribution in [-0.4, -0.2) is 43.4 Å². The summed E-state index contributed by atoms with van der Waals surface area (Å²) in [4.78, 5) is 11.8. The van der Waals surface area contributed by atoms with Crippen molar-refractivity contribution >= 4 is 18.3 Å². The van der Waals surface area contributed by atoms with Crippen LogP contribution in [-0.2, 0) is 16.0 Å². The largest absolute Gasteiger partial charge is 0.378 e. The van der Waals surface area contributed by atoms with E-state index < -0.39 is 0 Å². The molecular weight excluding hydrogens is 282 g/mol. The van der Waals surface area contributed by atoms with Crippen LogP contribution in [0.4, 0.5) is 0 Å². The normalized spacial score (nSPS) is 18.4. The number of halogens is 1. The first kappa shape index (κ1) is 16.9. The highest BCUT2D eigenvalue weighted by Gasteiger charge is 2.16. The molecule has 7 heteroatoms. The van der Waals surface area contributed by atoms with E-state index in [1.54, 1.807) is 0 Å². The highest BCUT2D eigenvalue weighted by molar-refractivity contribution is 5.85. The quantitative estimate of drug-likeness (QED) is 0.839.